The van der Waals surface area contributed by atoms with Gasteiger partial charge in [-0.15, -0.1) is 0 Å². The number of amides is 1. The molecule has 0 radical (unpaired) electrons. The molecule has 1 amide bonds. The summed E-state index contributed by atoms with van der Waals surface area (Å²) in [6.07, 6.45) is 6.19. The highest BCUT2D eigenvalue weighted by molar-refractivity contribution is 5.79. The van der Waals surface area contributed by atoms with Crippen LogP contribution in [0.5, 0.6) is 0 Å². The molecule has 0 spiro atoms. The third-order valence-electron chi connectivity index (χ3n) is 5.96. The van der Waals surface area contributed by atoms with Crippen molar-refractivity contribution in [2.75, 3.05) is 13.1 Å². The van der Waals surface area contributed by atoms with Crippen LogP contribution in [0.4, 0.5) is 0 Å². The van der Waals surface area contributed by atoms with Crippen molar-refractivity contribution in [1.29, 1.82) is 0 Å². The number of aromatic nitrogens is 2. The van der Waals surface area contributed by atoms with Gasteiger partial charge in [-0.3, -0.25) is 9.78 Å². The van der Waals surface area contributed by atoms with Crippen molar-refractivity contribution < 1.29 is 9.32 Å². The number of pyridine rings is 1. The Balaban J connectivity index is 1.47. The normalized spacial score (nSPS) is 18.8. The third kappa shape index (κ3) is 3.15. The molecule has 0 bridgehead atoms. The molecular weight excluding hydrogens is 326 g/mol. The molecule has 0 aromatic carbocycles. The van der Waals surface area contributed by atoms with E-state index in [0.29, 0.717) is 17.7 Å². The smallest absolute Gasteiger partial charge is 0.225 e. The summed E-state index contributed by atoms with van der Waals surface area (Å²) in [5, 5.41) is 4.11. The van der Waals surface area contributed by atoms with Crippen molar-refractivity contribution in [3.05, 3.63) is 35.3 Å². The first kappa shape index (κ1) is 17.3. The fraction of sp³-hybridized carbons (Fsp3) is 0.571. The first-order valence-electron chi connectivity index (χ1n) is 9.88. The van der Waals surface area contributed by atoms with Crippen LogP contribution in [0.15, 0.2) is 22.7 Å². The van der Waals surface area contributed by atoms with Crippen molar-refractivity contribution in [2.24, 2.45) is 5.92 Å². The molecule has 2 aromatic rings. The Morgan fingerprint density at radius 2 is 2.00 bits per heavy atom. The molecule has 2 aliphatic rings. The number of carbonyl (C=O) groups excluding carboxylic acids is 1. The Morgan fingerprint density at radius 3 is 2.65 bits per heavy atom. The van der Waals surface area contributed by atoms with E-state index >= 15 is 0 Å². The molecule has 4 rings (SSSR count). The van der Waals surface area contributed by atoms with Gasteiger partial charge in [-0.1, -0.05) is 24.6 Å². The molecule has 138 valence electrons. The van der Waals surface area contributed by atoms with E-state index < -0.39 is 0 Å². The Morgan fingerprint density at radius 1 is 1.23 bits per heavy atom. The number of likely N-dealkylation sites (tertiary alicyclic amines) is 1. The van der Waals surface area contributed by atoms with Gasteiger partial charge in [0.15, 0.2) is 0 Å². The van der Waals surface area contributed by atoms with Gasteiger partial charge in [0.05, 0.1) is 17.0 Å². The molecule has 0 atom stereocenters. The number of nitrogens with zero attached hydrogens (tertiary/aromatic N) is 3. The highest BCUT2D eigenvalue weighted by Crippen LogP contribution is 2.33. The fourth-order valence-electron chi connectivity index (χ4n) is 4.11. The summed E-state index contributed by atoms with van der Waals surface area (Å²) in [5.41, 5.74) is 4.01. The van der Waals surface area contributed by atoms with E-state index in [1.165, 1.54) is 6.42 Å². The van der Waals surface area contributed by atoms with Crippen LogP contribution in [0, 0.1) is 12.8 Å². The number of hydrogen-bond acceptors (Lipinski definition) is 4. The van der Waals surface area contributed by atoms with Gasteiger partial charge in [-0.25, -0.2) is 0 Å². The van der Waals surface area contributed by atoms with Gasteiger partial charge in [0.2, 0.25) is 5.91 Å². The quantitative estimate of drug-likeness (QED) is 0.830. The molecule has 3 heterocycles. The van der Waals surface area contributed by atoms with Crippen molar-refractivity contribution in [3.8, 4) is 11.3 Å². The monoisotopic (exact) mass is 353 g/mol. The minimum Gasteiger partial charge on any atom is -0.360 e. The molecule has 1 saturated heterocycles. The number of piperidine rings is 1. The van der Waals surface area contributed by atoms with Crippen molar-refractivity contribution >= 4 is 5.91 Å². The van der Waals surface area contributed by atoms with E-state index in [0.717, 1.165) is 73.6 Å². The Labute approximate surface area is 154 Å². The van der Waals surface area contributed by atoms with E-state index in [4.69, 9.17) is 9.51 Å². The topological polar surface area (TPSA) is 59.2 Å². The van der Waals surface area contributed by atoms with Gasteiger partial charge < -0.3 is 9.42 Å². The lowest BCUT2D eigenvalue weighted by molar-refractivity contribution is -0.139. The zero-order chi connectivity index (χ0) is 18.1. The van der Waals surface area contributed by atoms with Crippen LogP contribution in [0.1, 0.15) is 62.1 Å². The lowest BCUT2D eigenvalue weighted by Gasteiger charge is -2.36. The van der Waals surface area contributed by atoms with E-state index in [9.17, 15) is 4.79 Å². The number of carbonyl (C=O) groups is 1. The lowest BCUT2D eigenvalue weighted by atomic mass is 9.83. The molecule has 5 heteroatoms. The summed E-state index contributed by atoms with van der Waals surface area (Å²) >= 11 is 0. The maximum atomic E-state index is 12.4. The second-order valence-corrected chi connectivity index (χ2v) is 7.59. The van der Waals surface area contributed by atoms with Gasteiger partial charge in [-0.2, -0.15) is 0 Å². The summed E-state index contributed by atoms with van der Waals surface area (Å²) in [5.74, 6) is 2.00. The molecule has 2 fully saturated rings. The third-order valence-corrected chi connectivity index (χ3v) is 5.96. The molecule has 0 N–H and O–H groups in total. The average molecular weight is 353 g/mol. The van der Waals surface area contributed by atoms with Crippen molar-refractivity contribution in [3.63, 3.8) is 0 Å². The highest BCUT2D eigenvalue weighted by Gasteiger charge is 2.32. The Bertz CT molecular complexity index is 786. The summed E-state index contributed by atoms with van der Waals surface area (Å²) in [6, 6.07) is 6.24. The van der Waals surface area contributed by atoms with Crippen LogP contribution in [0.2, 0.25) is 0 Å². The van der Waals surface area contributed by atoms with Crippen LogP contribution < -0.4 is 0 Å². The fourth-order valence-corrected chi connectivity index (χ4v) is 4.11. The number of hydrogen-bond donors (Lipinski definition) is 0. The van der Waals surface area contributed by atoms with Crippen molar-refractivity contribution in [2.45, 2.75) is 58.3 Å². The van der Waals surface area contributed by atoms with Gasteiger partial charge in [-0.05, 0) is 44.7 Å². The summed E-state index contributed by atoms with van der Waals surface area (Å²) < 4.78 is 5.43. The molecule has 1 aliphatic heterocycles. The van der Waals surface area contributed by atoms with Gasteiger partial charge in [0.25, 0.3) is 0 Å². The maximum absolute atomic E-state index is 12.4. The molecule has 0 unspecified atom stereocenters. The van der Waals surface area contributed by atoms with Crippen LogP contribution in [0.25, 0.3) is 11.3 Å². The lowest BCUT2D eigenvalue weighted by Crippen LogP contribution is -2.43. The predicted octanol–water partition coefficient (Wildman–Crippen LogP) is 4.11. The largest absolute Gasteiger partial charge is 0.360 e. The Hall–Kier alpha value is -2.17. The van der Waals surface area contributed by atoms with E-state index in [2.05, 4.69) is 29.1 Å². The predicted molar refractivity (Wildman–Crippen MR) is 99.7 cm³/mol. The molecule has 2 aromatic heterocycles. The number of rotatable bonds is 4. The van der Waals surface area contributed by atoms with E-state index in [1.54, 1.807) is 0 Å². The second kappa shape index (κ2) is 7.22. The van der Waals surface area contributed by atoms with Gasteiger partial charge in [0, 0.05) is 37.0 Å². The summed E-state index contributed by atoms with van der Waals surface area (Å²) in [6.45, 7) is 5.76. The zero-order valence-electron chi connectivity index (χ0n) is 15.7. The molecule has 26 heavy (non-hydrogen) atoms. The molecule has 5 nitrogen and oxygen atoms in total. The first-order chi connectivity index (χ1) is 12.7. The molecule has 1 aliphatic carbocycles. The first-order valence-corrected chi connectivity index (χ1v) is 9.88. The SMILES string of the molecule is CCc1onc(C)c1-c1cccc(C2CCN(C(=O)C3CCC3)CC2)n1. The van der Waals surface area contributed by atoms with Crippen molar-refractivity contribution in [1.82, 2.24) is 15.0 Å². The minimum atomic E-state index is 0.303. The van der Waals surface area contributed by atoms with Crippen LogP contribution in [-0.2, 0) is 11.2 Å². The van der Waals surface area contributed by atoms with Crippen LogP contribution in [0.3, 0.4) is 0 Å². The van der Waals surface area contributed by atoms with Crippen LogP contribution in [-0.4, -0.2) is 34.0 Å². The minimum absolute atomic E-state index is 0.303. The number of aryl methyl sites for hydroxylation is 2. The maximum Gasteiger partial charge on any atom is 0.225 e. The molecular formula is C21H27N3O2. The summed E-state index contributed by atoms with van der Waals surface area (Å²) in [4.78, 5) is 19.4. The zero-order valence-corrected chi connectivity index (χ0v) is 15.7. The van der Waals surface area contributed by atoms with Gasteiger partial charge in [0.1, 0.15) is 5.76 Å². The second-order valence-electron chi connectivity index (χ2n) is 7.59. The molecule has 1 saturated carbocycles. The van der Waals surface area contributed by atoms with Gasteiger partial charge >= 0.3 is 0 Å². The highest BCUT2D eigenvalue weighted by atomic mass is 16.5. The summed E-state index contributed by atoms with van der Waals surface area (Å²) in [7, 11) is 0. The van der Waals surface area contributed by atoms with Crippen LogP contribution >= 0.6 is 0 Å². The van der Waals surface area contributed by atoms with E-state index in [-0.39, 0.29) is 0 Å². The average Bonchev–Trinajstić information content (AvgIpc) is 3.01. The Kier molecular flexibility index (Phi) is 4.79. The van der Waals surface area contributed by atoms with E-state index in [1.807, 2.05) is 13.0 Å². The standard InChI is InChI=1S/C21H27N3O2/c1-3-19-20(14(2)23-26-19)18-9-5-8-17(22-18)15-10-12-24(13-11-15)21(25)16-6-4-7-16/h5,8-9,15-16H,3-4,6-7,10-13H2,1-2H3.